The van der Waals surface area contributed by atoms with Crippen molar-refractivity contribution in [1.82, 2.24) is 9.88 Å². The average Bonchev–Trinajstić information content (AvgIpc) is 3.27. The Labute approximate surface area is 175 Å². The van der Waals surface area contributed by atoms with E-state index < -0.39 is 0 Å². The molecule has 0 unspecified atom stereocenters. The molecule has 3 aromatic rings. The van der Waals surface area contributed by atoms with Gasteiger partial charge in [-0.25, -0.2) is 4.98 Å². The number of ether oxygens (including phenoxy) is 1. The van der Waals surface area contributed by atoms with Crippen molar-refractivity contribution in [3.63, 3.8) is 0 Å². The fourth-order valence-electron chi connectivity index (χ4n) is 3.78. The second-order valence-electron chi connectivity index (χ2n) is 7.26. The van der Waals surface area contributed by atoms with E-state index in [0.29, 0.717) is 0 Å². The second kappa shape index (κ2) is 9.20. The van der Waals surface area contributed by atoms with E-state index in [2.05, 4.69) is 15.2 Å². The Kier molecular flexibility index (Phi) is 6.22. The molecule has 1 aromatic heterocycles. The second-order valence-corrected chi connectivity index (χ2v) is 8.24. The molecule has 0 saturated carbocycles. The van der Waals surface area contributed by atoms with Crippen LogP contribution in [0, 0.1) is 5.92 Å². The largest absolute Gasteiger partial charge is 0.497 e. The topological polar surface area (TPSA) is 54.5 Å². The number of likely N-dealkylation sites (tertiary alicyclic amines) is 1. The summed E-state index contributed by atoms with van der Waals surface area (Å²) in [4.78, 5) is 19.7. The molecule has 0 spiro atoms. The van der Waals surface area contributed by atoms with Gasteiger partial charge in [0.25, 0.3) is 0 Å². The van der Waals surface area contributed by atoms with Crippen molar-refractivity contribution in [2.75, 3.05) is 25.5 Å². The van der Waals surface area contributed by atoms with Crippen molar-refractivity contribution in [2.45, 2.75) is 19.4 Å². The number of hydrogen-bond acceptors (Lipinski definition) is 5. The van der Waals surface area contributed by atoms with Gasteiger partial charge in [-0.3, -0.25) is 9.69 Å². The summed E-state index contributed by atoms with van der Waals surface area (Å²) in [5, 5.41) is 6.28. The molecule has 4 rings (SSSR count). The van der Waals surface area contributed by atoms with Crippen molar-refractivity contribution in [3.8, 4) is 16.9 Å². The molecule has 1 amide bonds. The molecule has 0 aliphatic carbocycles. The van der Waals surface area contributed by atoms with Crippen LogP contribution in [-0.2, 0) is 11.3 Å². The highest BCUT2D eigenvalue weighted by Crippen LogP contribution is 2.30. The van der Waals surface area contributed by atoms with Crippen LogP contribution in [0.5, 0.6) is 5.75 Å². The predicted molar refractivity (Wildman–Crippen MR) is 117 cm³/mol. The quantitative estimate of drug-likeness (QED) is 0.645. The third-order valence-electron chi connectivity index (χ3n) is 5.30. The molecule has 1 aliphatic heterocycles. The molecule has 0 radical (unpaired) electrons. The molecule has 1 aliphatic rings. The first-order chi connectivity index (χ1) is 14.2. The van der Waals surface area contributed by atoms with Gasteiger partial charge in [-0.15, -0.1) is 11.3 Å². The molecule has 1 saturated heterocycles. The first-order valence-corrected chi connectivity index (χ1v) is 10.8. The molecule has 2 heterocycles. The number of methoxy groups -OCH3 is 1. The van der Waals surface area contributed by atoms with Gasteiger partial charge in [0.05, 0.1) is 19.6 Å². The average molecular weight is 408 g/mol. The van der Waals surface area contributed by atoms with Gasteiger partial charge in [0.1, 0.15) is 10.8 Å². The van der Waals surface area contributed by atoms with Gasteiger partial charge in [-0.05, 0) is 43.1 Å². The molecular formula is C23H25N3O2S. The third kappa shape index (κ3) is 4.83. The van der Waals surface area contributed by atoms with Gasteiger partial charge in [-0.2, -0.15) is 0 Å². The van der Waals surface area contributed by atoms with Gasteiger partial charge in [0, 0.05) is 29.4 Å². The zero-order valence-electron chi connectivity index (χ0n) is 16.5. The van der Waals surface area contributed by atoms with Crippen molar-refractivity contribution < 1.29 is 9.53 Å². The van der Waals surface area contributed by atoms with E-state index in [1.165, 1.54) is 0 Å². The number of thiazole rings is 1. The van der Waals surface area contributed by atoms with Gasteiger partial charge >= 0.3 is 0 Å². The summed E-state index contributed by atoms with van der Waals surface area (Å²) < 4.78 is 5.25. The summed E-state index contributed by atoms with van der Waals surface area (Å²) >= 11 is 1.67. The van der Waals surface area contributed by atoms with Crippen LogP contribution in [0.3, 0.4) is 0 Å². The monoisotopic (exact) mass is 407 g/mol. The number of nitrogens with one attached hydrogen (secondary N) is 1. The molecule has 1 N–H and O–H groups in total. The summed E-state index contributed by atoms with van der Waals surface area (Å²) in [6.45, 7) is 2.62. The minimum absolute atomic E-state index is 0.00682. The maximum atomic E-state index is 13.0. The number of para-hydroxylation sites is 1. The number of hydrogen-bond donors (Lipinski definition) is 1. The minimum atomic E-state index is -0.00682. The lowest BCUT2D eigenvalue weighted by Gasteiger charge is -2.31. The lowest BCUT2D eigenvalue weighted by Crippen LogP contribution is -2.40. The number of aromatic nitrogens is 1. The standard InChI is InChI=1S/C23H25N3O2S/c1-28-19-10-8-17(9-11-19)20-6-2-3-7-21(20)25-23(27)18-5-4-13-26(15-18)16-22-24-12-14-29-22/h2-3,6-12,14,18H,4-5,13,15-16H2,1H3,(H,25,27)/t18-/m1/s1. The number of benzene rings is 2. The molecule has 1 atom stereocenters. The molecule has 2 aromatic carbocycles. The fourth-order valence-corrected chi connectivity index (χ4v) is 4.44. The lowest BCUT2D eigenvalue weighted by molar-refractivity contribution is -0.121. The summed E-state index contributed by atoms with van der Waals surface area (Å²) in [7, 11) is 1.66. The van der Waals surface area contributed by atoms with E-state index in [-0.39, 0.29) is 11.8 Å². The van der Waals surface area contributed by atoms with Crippen molar-refractivity contribution in [3.05, 3.63) is 65.1 Å². The minimum Gasteiger partial charge on any atom is -0.497 e. The third-order valence-corrected chi connectivity index (χ3v) is 6.07. The Morgan fingerprint density at radius 2 is 2.07 bits per heavy atom. The number of amides is 1. The molecule has 0 bridgehead atoms. The van der Waals surface area contributed by atoms with Crippen LogP contribution in [0.4, 0.5) is 5.69 Å². The van der Waals surface area contributed by atoms with Crippen LogP contribution in [0.25, 0.3) is 11.1 Å². The highest BCUT2D eigenvalue weighted by atomic mass is 32.1. The Morgan fingerprint density at radius 1 is 1.24 bits per heavy atom. The number of carbonyl (C=O) groups excluding carboxylic acids is 1. The Bertz CT molecular complexity index is 941. The molecule has 5 nitrogen and oxygen atoms in total. The summed E-state index contributed by atoms with van der Waals surface area (Å²) in [6.07, 6.45) is 3.79. The zero-order chi connectivity index (χ0) is 20.1. The molecule has 6 heteroatoms. The van der Waals surface area contributed by atoms with Gasteiger partial charge in [-0.1, -0.05) is 30.3 Å². The first kappa shape index (κ1) is 19.6. The molecule has 1 fully saturated rings. The Morgan fingerprint density at radius 3 is 2.83 bits per heavy atom. The lowest BCUT2D eigenvalue weighted by atomic mass is 9.96. The maximum absolute atomic E-state index is 13.0. The van der Waals surface area contributed by atoms with Gasteiger partial charge in [0.2, 0.25) is 5.91 Å². The van der Waals surface area contributed by atoms with Crippen molar-refractivity contribution in [2.24, 2.45) is 5.92 Å². The van der Waals surface area contributed by atoms with Crippen LogP contribution in [0.15, 0.2) is 60.1 Å². The zero-order valence-corrected chi connectivity index (χ0v) is 17.3. The van der Waals surface area contributed by atoms with Crippen LogP contribution < -0.4 is 10.1 Å². The van der Waals surface area contributed by atoms with Crippen LogP contribution in [-0.4, -0.2) is 36.0 Å². The SMILES string of the molecule is COc1ccc(-c2ccccc2NC(=O)[C@@H]2CCCN(Cc3nccs3)C2)cc1. The number of piperidine rings is 1. The van der Waals surface area contributed by atoms with E-state index in [9.17, 15) is 4.79 Å². The first-order valence-electron chi connectivity index (χ1n) is 9.88. The Balaban J connectivity index is 1.45. The highest BCUT2D eigenvalue weighted by molar-refractivity contribution is 7.09. The molecular weight excluding hydrogens is 382 g/mol. The van der Waals surface area contributed by atoms with Crippen LogP contribution >= 0.6 is 11.3 Å². The van der Waals surface area contributed by atoms with E-state index >= 15 is 0 Å². The van der Waals surface area contributed by atoms with Gasteiger partial charge in [0.15, 0.2) is 0 Å². The summed E-state index contributed by atoms with van der Waals surface area (Å²) in [5.74, 6) is 0.903. The van der Waals surface area contributed by atoms with E-state index in [1.54, 1.807) is 18.4 Å². The Hall–Kier alpha value is -2.70. The number of rotatable bonds is 6. The molecule has 29 heavy (non-hydrogen) atoms. The maximum Gasteiger partial charge on any atom is 0.228 e. The molecule has 150 valence electrons. The van der Waals surface area contributed by atoms with Crippen molar-refractivity contribution in [1.29, 1.82) is 0 Å². The smallest absolute Gasteiger partial charge is 0.228 e. The van der Waals surface area contributed by atoms with Crippen LogP contribution in [0.1, 0.15) is 17.8 Å². The van der Waals surface area contributed by atoms with E-state index in [4.69, 9.17) is 4.74 Å². The van der Waals surface area contributed by atoms with E-state index in [1.807, 2.05) is 60.1 Å². The van der Waals surface area contributed by atoms with E-state index in [0.717, 1.165) is 60.0 Å². The predicted octanol–water partition coefficient (Wildman–Crippen LogP) is 4.67. The van der Waals surface area contributed by atoms with Crippen LogP contribution in [0.2, 0.25) is 0 Å². The summed E-state index contributed by atoms with van der Waals surface area (Å²) in [5.41, 5.74) is 2.91. The normalized spacial score (nSPS) is 17.1. The van der Waals surface area contributed by atoms with Gasteiger partial charge < -0.3 is 10.1 Å². The number of nitrogens with zero attached hydrogens (tertiary/aromatic N) is 2. The van der Waals surface area contributed by atoms with Crippen molar-refractivity contribution >= 4 is 22.9 Å². The highest BCUT2D eigenvalue weighted by Gasteiger charge is 2.26. The fraction of sp³-hybridized carbons (Fsp3) is 0.304. The number of carbonyl (C=O) groups is 1. The summed E-state index contributed by atoms with van der Waals surface area (Å²) in [6, 6.07) is 15.8. The number of anilines is 1.